The Kier molecular flexibility index (Phi) is 4.85. The number of carbonyl (C=O) groups is 1. The highest BCUT2D eigenvalue weighted by Gasteiger charge is 2.17. The van der Waals surface area contributed by atoms with Gasteiger partial charge in [0.05, 0.1) is 5.69 Å². The lowest BCUT2D eigenvalue weighted by molar-refractivity contribution is 0.102. The quantitative estimate of drug-likeness (QED) is 0.882. The maximum absolute atomic E-state index is 12.4. The molecule has 0 aliphatic carbocycles. The van der Waals surface area contributed by atoms with Crippen molar-refractivity contribution < 1.29 is 4.79 Å². The maximum Gasteiger partial charge on any atom is 0.264 e. The van der Waals surface area contributed by atoms with Gasteiger partial charge in [-0.3, -0.25) is 9.59 Å². The van der Waals surface area contributed by atoms with E-state index in [0.717, 1.165) is 31.9 Å². The van der Waals surface area contributed by atoms with E-state index in [4.69, 9.17) is 0 Å². The number of benzene rings is 1. The predicted octanol–water partition coefficient (Wildman–Crippen LogP) is 1.39. The number of anilines is 2. The fourth-order valence-electron chi connectivity index (χ4n) is 3.01. The van der Waals surface area contributed by atoms with Crippen molar-refractivity contribution in [1.29, 1.82) is 0 Å². The molecular formula is C18H23N5O2. The van der Waals surface area contributed by atoms with E-state index >= 15 is 0 Å². The van der Waals surface area contributed by atoms with Crippen molar-refractivity contribution in [2.75, 3.05) is 43.4 Å². The third kappa shape index (κ3) is 3.88. The molecule has 0 atom stereocenters. The molecule has 0 spiro atoms. The fourth-order valence-corrected chi connectivity index (χ4v) is 3.01. The van der Waals surface area contributed by atoms with Crippen molar-refractivity contribution in [3.63, 3.8) is 0 Å². The SMILES string of the molecule is Cc1nc(C)c(C(=O)Nc2ccc(N3CCN(C)CC3)cc2)c(=O)[nH]1. The lowest BCUT2D eigenvalue weighted by atomic mass is 10.2. The number of aryl methyl sites for hydroxylation is 2. The number of hydrogen-bond acceptors (Lipinski definition) is 5. The third-order valence-corrected chi connectivity index (χ3v) is 4.44. The zero-order chi connectivity index (χ0) is 18.0. The summed E-state index contributed by atoms with van der Waals surface area (Å²) in [5.74, 6) is 0.0502. The lowest BCUT2D eigenvalue weighted by Gasteiger charge is -2.34. The first kappa shape index (κ1) is 17.2. The van der Waals surface area contributed by atoms with Gasteiger partial charge in [0.1, 0.15) is 11.4 Å². The van der Waals surface area contributed by atoms with Crippen LogP contribution in [0, 0.1) is 13.8 Å². The molecule has 0 bridgehead atoms. The molecule has 2 heterocycles. The normalized spacial score (nSPS) is 15.2. The molecule has 132 valence electrons. The van der Waals surface area contributed by atoms with Gasteiger partial charge in [-0.1, -0.05) is 0 Å². The average molecular weight is 341 g/mol. The molecule has 1 amide bonds. The number of aromatic nitrogens is 2. The summed E-state index contributed by atoms with van der Waals surface area (Å²) in [6.45, 7) is 7.42. The van der Waals surface area contributed by atoms with E-state index in [1.165, 1.54) is 0 Å². The second kappa shape index (κ2) is 7.06. The molecule has 7 nitrogen and oxygen atoms in total. The Morgan fingerprint density at radius 3 is 2.36 bits per heavy atom. The van der Waals surface area contributed by atoms with Crippen LogP contribution in [0.1, 0.15) is 21.9 Å². The Labute approximate surface area is 146 Å². The van der Waals surface area contributed by atoms with Gasteiger partial charge < -0.3 is 20.1 Å². The molecule has 0 saturated carbocycles. The molecular weight excluding hydrogens is 318 g/mol. The average Bonchev–Trinajstić information content (AvgIpc) is 2.55. The largest absolute Gasteiger partial charge is 0.369 e. The van der Waals surface area contributed by atoms with Gasteiger partial charge in [-0.25, -0.2) is 4.98 Å². The van der Waals surface area contributed by atoms with Gasteiger partial charge in [-0.2, -0.15) is 0 Å². The summed E-state index contributed by atoms with van der Waals surface area (Å²) in [5, 5.41) is 2.77. The van der Waals surface area contributed by atoms with Crippen molar-refractivity contribution >= 4 is 17.3 Å². The molecule has 1 aromatic heterocycles. The van der Waals surface area contributed by atoms with E-state index in [-0.39, 0.29) is 5.56 Å². The zero-order valence-corrected chi connectivity index (χ0v) is 14.8. The van der Waals surface area contributed by atoms with Gasteiger partial charge in [0.15, 0.2) is 0 Å². The number of nitrogens with zero attached hydrogens (tertiary/aromatic N) is 3. The summed E-state index contributed by atoms with van der Waals surface area (Å²) in [7, 11) is 2.12. The Hall–Kier alpha value is -2.67. The topological polar surface area (TPSA) is 81.3 Å². The van der Waals surface area contributed by atoms with Crippen molar-refractivity contribution in [3.8, 4) is 0 Å². The first-order chi connectivity index (χ1) is 11.9. The van der Waals surface area contributed by atoms with Gasteiger partial charge >= 0.3 is 0 Å². The Bertz CT molecular complexity index is 820. The Balaban J connectivity index is 1.71. The van der Waals surface area contributed by atoms with Gasteiger partial charge in [-0.15, -0.1) is 0 Å². The van der Waals surface area contributed by atoms with Gasteiger partial charge in [-0.05, 0) is 45.2 Å². The lowest BCUT2D eigenvalue weighted by Crippen LogP contribution is -2.44. The van der Waals surface area contributed by atoms with Crippen molar-refractivity contribution in [3.05, 3.63) is 51.7 Å². The predicted molar refractivity (Wildman–Crippen MR) is 98.4 cm³/mol. The molecule has 0 radical (unpaired) electrons. The number of hydrogen-bond donors (Lipinski definition) is 2. The summed E-state index contributed by atoms with van der Waals surface area (Å²) in [5.41, 5.74) is 1.84. The highest BCUT2D eigenvalue weighted by atomic mass is 16.2. The van der Waals surface area contributed by atoms with Crippen LogP contribution in [0.2, 0.25) is 0 Å². The number of H-pyrrole nitrogens is 1. The molecule has 2 N–H and O–H groups in total. The highest BCUT2D eigenvalue weighted by molar-refractivity contribution is 6.04. The second-order valence-corrected chi connectivity index (χ2v) is 6.40. The van der Waals surface area contributed by atoms with E-state index < -0.39 is 11.5 Å². The molecule has 1 aliphatic heterocycles. The van der Waals surface area contributed by atoms with E-state index in [1.807, 2.05) is 24.3 Å². The highest BCUT2D eigenvalue weighted by Crippen LogP contribution is 2.19. The summed E-state index contributed by atoms with van der Waals surface area (Å²) in [6, 6.07) is 7.70. The summed E-state index contributed by atoms with van der Waals surface area (Å²) >= 11 is 0. The van der Waals surface area contributed by atoms with Crippen molar-refractivity contribution in [2.24, 2.45) is 0 Å². The number of amides is 1. The molecule has 0 unspecified atom stereocenters. The molecule has 7 heteroatoms. The van der Waals surface area contributed by atoms with Crippen LogP contribution in [-0.4, -0.2) is 54.0 Å². The number of rotatable bonds is 3. The minimum atomic E-state index is -0.446. The molecule has 2 aromatic rings. The maximum atomic E-state index is 12.4. The van der Waals surface area contributed by atoms with Crippen LogP contribution in [0.15, 0.2) is 29.1 Å². The van der Waals surface area contributed by atoms with Crippen molar-refractivity contribution in [2.45, 2.75) is 13.8 Å². The first-order valence-electron chi connectivity index (χ1n) is 8.36. The van der Waals surface area contributed by atoms with Crippen LogP contribution < -0.4 is 15.8 Å². The Morgan fingerprint density at radius 2 is 1.76 bits per heavy atom. The van der Waals surface area contributed by atoms with Crippen LogP contribution in [0.25, 0.3) is 0 Å². The van der Waals surface area contributed by atoms with Crippen LogP contribution in [0.5, 0.6) is 0 Å². The van der Waals surface area contributed by atoms with Crippen LogP contribution in [0.4, 0.5) is 11.4 Å². The van der Waals surface area contributed by atoms with Crippen LogP contribution in [0.3, 0.4) is 0 Å². The van der Waals surface area contributed by atoms with E-state index in [2.05, 4.69) is 32.1 Å². The monoisotopic (exact) mass is 341 g/mol. The number of nitrogens with one attached hydrogen (secondary N) is 2. The zero-order valence-electron chi connectivity index (χ0n) is 14.8. The van der Waals surface area contributed by atoms with Crippen molar-refractivity contribution in [1.82, 2.24) is 14.9 Å². The number of piperazine rings is 1. The van der Waals surface area contributed by atoms with E-state index in [1.54, 1.807) is 13.8 Å². The second-order valence-electron chi connectivity index (χ2n) is 6.40. The summed E-state index contributed by atoms with van der Waals surface area (Å²) < 4.78 is 0. The van der Waals surface area contributed by atoms with Gasteiger partial charge in [0.25, 0.3) is 11.5 Å². The minimum absolute atomic E-state index is 0.0498. The standard InChI is InChI=1S/C18H23N5O2/c1-12-16(17(24)20-13(2)19-12)18(25)21-14-4-6-15(7-5-14)23-10-8-22(3)9-11-23/h4-7H,8-11H2,1-3H3,(H,21,25)(H,19,20,24). The fraction of sp³-hybridized carbons (Fsp3) is 0.389. The number of aromatic amines is 1. The molecule has 1 aromatic carbocycles. The smallest absolute Gasteiger partial charge is 0.264 e. The third-order valence-electron chi connectivity index (χ3n) is 4.44. The molecule has 1 aliphatic rings. The minimum Gasteiger partial charge on any atom is -0.369 e. The Morgan fingerprint density at radius 1 is 1.12 bits per heavy atom. The van der Waals surface area contributed by atoms with Crippen LogP contribution >= 0.6 is 0 Å². The van der Waals surface area contributed by atoms with Gasteiger partial charge in [0, 0.05) is 37.6 Å². The number of likely N-dealkylation sites (N-methyl/N-ethyl adjacent to an activating group) is 1. The summed E-state index contributed by atoms with van der Waals surface area (Å²) in [6.07, 6.45) is 0. The van der Waals surface area contributed by atoms with E-state index in [0.29, 0.717) is 17.2 Å². The molecule has 25 heavy (non-hydrogen) atoms. The van der Waals surface area contributed by atoms with Crippen LogP contribution in [-0.2, 0) is 0 Å². The van der Waals surface area contributed by atoms with E-state index in [9.17, 15) is 9.59 Å². The summed E-state index contributed by atoms with van der Waals surface area (Å²) in [4.78, 5) is 35.8. The molecule has 1 fully saturated rings. The molecule has 3 rings (SSSR count). The number of carbonyl (C=O) groups excluding carboxylic acids is 1. The molecule has 1 saturated heterocycles. The van der Waals surface area contributed by atoms with Gasteiger partial charge in [0.2, 0.25) is 0 Å². The first-order valence-corrected chi connectivity index (χ1v) is 8.36.